The van der Waals surface area contributed by atoms with Gasteiger partial charge in [-0.1, -0.05) is 28.1 Å². The number of halogens is 2. The van der Waals surface area contributed by atoms with Crippen molar-refractivity contribution in [2.24, 2.45) is 0 Å². The van der Waals surface area contributed by atoms with Crippen LogP contribution in [0.2, 0.25) is 0 Å². The van der Waals surface area contributed by atoms with E-state index in [1.54, 1.807) is 6.07 Å². The SMILES string of the molecule is N#Cc1ccc(NCc2cccc(Br)c2)c(Br)c1. The number of benzene rings is 2. The summed E-state index contributed by atoms with van der Waals surface area (Å²) < 4.78 is 1.97. The van der Waals surface area contributed by atoms with E-state index in [4.69, 9.17) is 5.26 Å². The van der Waals surface area contributed by atoms with Gasteiger partial charge in [0.15, 0.2) is 0 Å². The zero-order valence-electron chi connectivity index (χ0n) is 9.45. The Kier molecular flexibility index (Phi) is 4.40. The summed E-state index contributed by atoms with van der Waals surface area (Å²) in [6.07, 6.45) is 0. The molecule has 2 aromatic carbocycles. The molecule has 18 heavy (non-hydrogen) atoms. The van der Waals surface area contributed by atoms with Gasteiger partial charge in [0.1, 0.15) is 0 Å². The Morgan fingerprint density at radius 1 is 1.11 bits per heavy atom. The van der Waals surface area contributed by atoms with Crippen LogP contribution in [0.1, 0.15) is 11.1 Å². The summed E-state index contributed by atoms with van der Waals surface area (Å²) in [7, 11) is 0. The number of nitrogens with one attached hydrogen (secondary N) is 1. The molecule has 0 atom stereocenters. The predicted octanol–water partition coefficient (Wildman–Crippen LogP) is 4.70. The van der Waals surface area contributed by atoms with Crippen molar-refractivity contribution < 1.29 is 0 Å². The zero-order valence-corrected chi connectivity index (χ0v) is 12.6. The molecule has 0 bridgehead atoms. The normalized spacial score (nSPS) is 9.83. The van der Waals surface area contributed by atoms with Gasteiger partial charge in [-0.2, -0.15) is 5.26 Å². The molecule has 2 nitrogen and oxygen atoms in total. The molecule has 0 unspecified atom stereocenters. The van der Waals surface area contributed by atoms with Crippen molar-refractivity contribution in [1.82, 2.24) is 0 Å². The molecule has 1 N–H and O–H groups in total. The number of rotatable bonds is 3. The average molecular weight is 366 g/mol. The van der Waals surface area contributed by atoms with Crippen molar-refractivity contribution in [2.75, 3.05) is 5.32 Å². The van der Waals surface area contributed by atoms with Crippen LogP contribution in [0.5, 0.6) is 0 Å². The molecule has 0 fully saturated rings. The Labute approximate surface area is 123 Å². The van der Waals surface area contributed by atoms with E-state index in [2.05, 4.69) is 55.4 Å². The van der Waals surface area contributed by atoms with Crippen LogP contribution in [0.4, 0.5) is 5.69 Å². The Hall–Kier alpha value is -1.31. The predicted molar refractivity (Wildman–Crippen MR) is 80.3 cm³/mol. The second kappa shape index (κ2) is 6.03. The summed E-state index contributed by atoms with van der Waals surface area (Å²) in [4.78, 5) is 0. The van der Waals surface area contributed by atoms with E-state index >= 15 is 0 Å². The van der Waals surface area contributed by atoms with Gasteiger partial charge in [0.05, 0.1) is 11.6 Å². The molecule has 2 rings (SSSR count). The first kappa shape index (κ1) is 13.1. The van der Waals surface area contributed by atoms with E-state index in [-0.39, 0.29) is 0 Å². The summed E-state index contributed by atoms with van der Waals surface area (Å²) in [6, 6.07) is 15.8. The monoisotopic (exact) mass is 364 g/mol. The molecule has 4 heteroatoms. The molecule has 2 aromatic rings. The number of nitrogens with zero attached hydrogens (tertiary/aromatic N) is 1. The van der Waals surface area contributed by atoms with Crippen LogP contribution in [-0.4, -0.2) is 0 Å². The number of hydrogen-bond acceptors (Lipinski definition) is 2. The van der Waals surface area contributed by atoms with Gasteiger partial charge in [-0.25, -0.2) is 0 Å². The molecule has 0 spiro atoms. The molecule has 0 heterocycles. The van der Waals surface area contributed by atoms with Gasteiger partial charge in [0.2, 0.25) is 0 Å². The molecule has 0 amide bonds. The Balaban J connectivity index is 2.09. The van der Waals surface area contributed by atoms with Crippen LogP contribution in [0.15, 0.2) is 51.4 Å². The highest BCUT2D eigenvalue weighted by molar-refractivity contribution is 9.10. The van der Waals surface area contributed by atoms with Crippen LogP contribution < -0.4 is 5.32 Å². The highest BCUT2D eigenvalue weighted by Crippen LogP contribution is 2.24. The summed E-state index contributed by atoms with van der Waals surface area (Å²) in [5.74, 6) is 0. The van der Waals surface area contributed by atoms with Crippen LogP contribution in [0, 0.1) is 11.3 Å². The van der Waals surface area contributed by atoms with E-state index in [1.807, 2.05) is 24.3 Å². The third-order valence-corrected chi connectivity index (χ3v) is 3.62. The van der Waals surface area contributed by atoms with E-state index in [0.717, 1.165) is 21.2 Å². The largest absolute Gasteiger partial charge is 0.380 e. The molecule has 0 aliphatic carbocycles. The minimum Gasteiger partial charge on any atom is -0.380 e. The first-order chi connectivity index (χ1) is 8.69. The van der Waals surface area contributed by atoms with Crippen molar-refractivity contribution in [3.05, 3.63) is 62.5 Å². The van der Waals surface area contributed by atoms with Crippen molar-refractivity contribution in [3.8, 4) is 6.07 Å². The summed E-state index contributed by atoms with van der Waals surface area (Å²) in [6.45, 7) is 0.740. The van der Waals surface area contributed by atoms with Crippen molar-refractivity contribution in [1.29, 1.82) is 5.26 Å². The quantitative estimate of drug-likeness (QED) is 0.855. The van der Waals surface area contributed by atoms with Crippen molar-refractivity contribution in [2.45, 2.75) is 6.54 Å². The Morgan fingerprint density at radius 2 is 1.94 bits per heavy atom. The van der Waals surface area contributed by atoms with E-state index in [0.29, 0.717) is 5.56 Å². The summed E-state index contributed by atoms with van der Waals surface area (Å²) in [5.41, 5.74) is 2.82. The molecule has 0 radical (unpaired) electrons. The minimum absolute atomic E-state index is 0.648. The lowest BCUT2D eigenvalue weighted by molar-refractivity contribution is 1.14. The molecule has 0 saturated heterocycles. The third kappa shape index (κ3) is 3.34. The Bertz CT molecular complexity index is 603. The number of hydrogen-bond donors (Lipinski definition) is 1. The van der Waals surface area contributed by atoms with E-state index in [1.165, 1.54) is 5.56 Å². The van der Waals surface area contributed by atoms with Gasteiger partial charge in [-0.15, -0.1) is 0 Å². The van der Waals surface area contributed by atoms with Gasteiger partial charge in [-0.3, -0.25) is 0 Å². The minimum atomic E-state index is 0.648. The van der Waals surface area contributed by atoms with E-state index < -0.39 is 0 Å². The van der Waals surface area contributed by atoms with Crippen LogP contribution >= 0.6 is 31.9 Å². The fourth-order valence-corrected chi connectivity index (χ4v) is 2.54. The molecule has 0 aliphatic rings. The third-order valence-electron chi connectivity index (χ3n) is 2.47. The van der Waals surface area contributed by atoms with Gasteiger partial charge in [-0.05, 0) is 51.8 Å². The topological polar surface area (TPSA) is 35.8 Å². The van der Waals surface area contributed by atoms with Crippen LogP contribution in [0.25, 0.3) is 0 Å². The van der Waals surface area contributed by atoms with Gasteiger partial charge >= 0.3 is 0 Å². The molecule has 0 aromatic heterocycles. The van der Waals surface area contributed by atoms with Gasteiger partial charge in [0, 0.05) is 21.2 Å². The standard InChI is InChI=1S/C14H10Br2N2/c15-12-3-1-2-11(6-12)9-18-14-5-4-10(8-17)7-13(14)16/h1-7,18H,9H2. The molecular formula is C14H10Br2N2. The fraction of sp³-hybridized carbons (Fsp3) is 0.0714. The first-order valence-electron chi connectivity index (χ1n) is 5.37. The second-order valence-electron chi connectivity index (χ2n) is 3.79. The lowest BCUT2D eigenvalue weighted by atomic mass is 10.2. The maximum atomic E-state index is 8.79. The molecule has 90 valence electrons. The lowest BCUT2D eigenvalue weighted by Crippen LogP contribution is -2.00. The second-order valence-corrected chi connectivity index (χ2v) is 5.56. The van der Waals surface area contributed by atoms with Crippen LogP contribution in [0.3, 0.4) is 0 Å². The first-order valence-corrected chi connectivity index (χ1v) is 6.95. The fourth-order valence-electron chi connectivity index (χ4n) is 1.57. The average Bonchev–Trinajstić information content (AvgIpc) is 2.37. The van der Waals surface area contributed by atoms with Gasteiger partial charge < -0.3 is 5.32 Å². The van der Waals surface area contributed by atoms with Crippen molar-refractivity contribution >= 4 is 37.5 Å². The van der Waals surface area contributed by atoms with E-state index in [9.17, 15) is 0 Å². The molecule has 0 saturated carbocycles. The van der Waals surface area contributed by atoms with Gasteiger partial charge in [0.25, 0.3) is 0 Å². The highest BCUT2D eigenvalue weighted by atomic mass is 79.9. The maximum absolute atomic E-state index is 8.79. The Morgan fingerprint density at radius 3 is 2.61 bits per heavy atom. The van der Waals surface area contributed by atoms with Crippen LogP contribution in [-0.2, 0) is 6.54 Å². The summed E-state index contributed by atoms with van der Waals surface area (Å²) in [5, 5.41) is 12.1. The number of nitriles is 1. The summed E-state index contributed by atoms with van der Waals surface area (Å²) >= 11 is 6.90. The lowest BCUT2D eigenvalue weighted by Gasteiger charge is -2.09. The zero-order chi connectivity index (χ0) is 13.0. The number of anilines is 1. The molecular weight excluding hydrogens is 356 g/mol. The maximum Gasteiger partial charge on any atom is 0.0992 e. The molecule has 0 aliphatic heterocycles. The van der Waals surface area contributed by atoms with Crippen molar-refractivity contribution in [3.63, 3.8) is 0 Å². The smallest absolute Gasteiger partial charge is 0.0992 e. The highest BCUT2D eigenvalue weighted by Gasteiger charge is 2.01.